The summed E-state index contributed by atoms with van der Waals surface area (Å²) >= 11 is 0. The molecule has 2 aromatic rings. The van der Waals surface area contributed by atoms with E-state index in [0.717, 1.165) is 19.2 Å². The minimum Gasteiger partial charge on any atom is -0.504 e. The molecule has 0 bridgehead atoms. The molecule has 0 saturated carbocycles. The van der Waals surface area contributed by atoms with Gasteiger partial charge in [-0.3, -0.25) is 14.8 Å². The van der Waals surface area contributed by atoms with E-state index in [1.807, 2.05) is 0 Å². The number of methoxy groups -OCH3 is 3. The van der Waals surface area contributed by atoms with Crippen LogP contribution in [0.1, 0.15) is 17.5 Å². The molecule has 0 radical (unpaired) electrons. The molecule has 1 atom stereocenters. The van der Waals surface area contributed by atoms with Crippen LogP contribution in [0.15, 0.2) is 30.3 Å². The highest BCUT2D eigenvalue weighted by Crippen LogP contribution is 2.41. The second-order valence-corrected chi connectivity index (χ2v) is 6.87. The summed E-state index contributed by atoms with van der Waals surface area (Å²) < 4.78 is 15.9. The molecule has 0 spiro atoms. The van der Waals surface area contributed by atoms with E-state index >= 15 is 0 Å². The van der Waals surface area contributed by atoms with Crippen LogP contribution in [0, 0.1) is 0 Å². The van der Waals surface area contributed by atoms with Gasteiger partial charge in [0.05, 0.1) is 21.3 Å². The van der Waals surface area contributed by atoms with E-state index < -0.39 is 35.2 Å². The number of carbonyl (C=O) groups is 2. The SMILES string of the molecule is COc1cc(CC(O)(CC(=O)C(=O)N(C)O)c2ccc(O)c(O)c2)cc(OC)c1OC. The lowest BCUT2D eigenvalue weighted by atomic mass is 9.82. The lowest BCUT2D eigenvalue weighted by Crippen LogP contribution is -2.38. The van der Waals surface area contributed by atoms with Crippen molar-refractivity contribution in [3.8, 4) is 28.7 Å². The van der Waals surface area contributed by atoms with Gasteiger partial charge in [0.2, 0.25) is 11.5 Å². The van der Waals surface area contributed by atoms with Gasteiger partial charge in [-0.25, -0.2) is 5.06 Å². The average Bonchev–Trinajstić information content (AvgIpc) is 2.73. The maximum absolute atomic E-state index is 12.4. The average molecular weight is 435 g/mol. The standard InChI is InChI=1S/C21H25NO9/c1-22(28)20(26)16(25)11-21(27,13-5-6-14(23)15(24)9-13)10-12-7-17(29-2)19(31-4)18(8-12)30-3/h5-9,23-24,27-28H,10-11H2,1-4H3. The first-order valence-electron chi connectivity index (χ1n) is 9.09. The van der Waals surface area contributed by atoms with Crippen molar-refractivity contribution in [3.63, 3.8) is 0 Å². The molecule has 0 saturated heterocycles. The Hall–Kier alpha value is -3.50. The molecule has 4 N–H and O–H groups in total. The molecule has 2 aromatic carbocycles. The third-order valence-electron chi connectivity index (χ3n) is 4.72. The molecule has 10 nitrogen and oxygen atoms in total. The molecular weight excluding hydrogens is 410 g/mol. The highest BCUT2D eigenvalue weighted by Gasteiger charge is 2.36. The highest BCUT2D eigenvalue weighted by atomic mass is 16.5. The molecule has 0 aliphatic heterocycles. The number of likely N-dealkylation sites (N-methyl/N-ethyl adjacent to an activating group) is 1. The van der Waals surface area contributed by atoms with Crippen LogP contribution in [0.3, 0.4) is 0 Å². The smallest absolute Gasteiger partial charge is 0.313 e. The number of phenolic OH excluding ortho intramolecular Hbond substituents is 2. The second kappa shape index (κ2) is 9.54. The van der Waals surface area contributed by atoms with E-state index in [1.165, 1.54) is 27.4 Å². The Bertz CT molecular complexity index is 948. The molecule has 0 aliphatic rings. The Kier molecular flexibility index (Phi) is 7.32. The van der Waals surface area contributed by atoms with Crippen molar-refractivity contribution in [3.05, 3.63) is 41.5 Å². The number of nitrogens with zero attached hydrogens (tertiary/aromatic N) is 1. The van der Waals surface area contributed by atoms with Crippen molar-refractivity contribution in [1.82, 2.24) is 5.06 Å². The molecule has 0 aliphatic carbocycles. The topological polar surface area (TPSA) is 146 Å². The highest BCUT2D eigenvalue weighted by molar-refractivity contribution is 6.35. The van der Waals surface area contributed by atoms with Crippen molar-refractivity contribution in [1.29, 1.82) is 0 Å². The van der Waals surface area contributed by atoms with Gasteiger partial charge in [-0.2, -0.15) is 0 Å². The zero-order valence-corrected chi connectivity index (χ0v) is 17.6. The second-order valence-electron chi connectivity index (χ2n) is 6.87. The minimum absolute atomic E-state index is 0.0679. The number of ketones is 1. The van der Waals surface area contributed by atoms with Crippen LogP contribution in [-0.4, -0.2) is 65.7 Å². The first-order chi connectivity index (χ1) is 14.6. The number of ether oxygens (including phenoxy) is 3. The van der Waals surface area contributed by atoms with Crippen LogP contribution in [0.4, 0.5) is 0 Å². The van der Waals surface area contributed by atoms with Gasteiger partial charge in [-0.05, 0) is 35.4 Å². The Morgan fingerprint density at radius 3 is 2.00 bits per heavy atom. The number of hydrogen-bond donors (Lipinski definition) is 4. The molecule has 1 unspecified atom stereocenters. The number of Topliss-reactive ketones (excluding diaryl/α,β-unsaturated/α-hetero) is 1. The molecule has 10 heteroatoms. The Morgan fingerprint density at radius 2 is 1.55 bits per heavy atom. The third-order valence-corrected chi connectivity index (χ3v) is 4.72. The van der Waals surface area contributed by atoms with Crippen LogP contribution in [0.2, 0.25) is 0 Å². The fraction of sp³-hybridized carbons (Fsp3) is 0.333. The molecule has 0 fully saturated rings. The van der Waals surface area contributed by atoms with Gasteiger partial charge in [0.25, 0.3) is 0 Å². The van der Waals surface area contributed by atoms with E-state index in [2.05, 4.69) is 0 Å². The minimum atomic E-state index is -1.99. The number of aliphatic hydroxyl groups is 1. The molecule has 0 heterocycles. The maximum atomic E-state index is 12.4. The van der Waals surface area contributed by atoms with Gasteiger partial charge in [-0.15, -0.1) is 0 Å². The normalized spacial score (nSPS) is 12.6. The Morgan fingerprint density at radius 1 is 0.968 bits per heavy atom. The molecule has 1 amide bonds. The van der Waals surface area contributed by atoms with E-state index in [9.17, 15) is 30.1 Å². The number of carbonyl (C=O) groups excluding carboxylic acids is 2. The molecule has 31 heavy (non-hydrogen) atoms. The first kappa shape index (κ1) is 23.8. The van der Waals surface area contributed by atoms with E-state index in [0.29, 0.717) is 22.8 Å². The molecule has 0 aromatic heterocycles. The van der Waals surface area contributed by atoms with Crippen molar-refractivity contribution >= 4 is 11.7 Å². The van der Waals surface area contributed by atoms with Crippen LogP contribution in [0.5, 0.6) is 28.7 Å². The number of phenols is 2. The predicted molar refractivity (Wildman–Crippen MR) is 108 cm³/mol. The summed E-state index contributed by atoms with van der Waals surface area (Å²) in [6, 6.07) is 6.69. The largest absolute Gasteiger partial charge is 0.504 e. The summed E-state index contributed by atoms with van der Waals surface area (Å²) in [6.07, 6.45) is -0.917. The van der Waals surface area contributed by atoms with Gasteiger partial charge in [0, 0.05) is 19.9 Å². The summed E-state index contributed by atoms with van der Waals surface area (Å²) in [5.41, 5.74) is -1.46. The lowest BCUT2D eigenvalue weighted by molar-refractivity contribution is -0.167. The molecule has 168 valence electrons. The Labute approximate surface area is 178 Å². The van der Waals surface area contributed by atoms with Gasteiger partial charge in [0.1, 0.15) is 5.60 Å². The fourth-order valence-corrected chi connectivity index (χ4v) is 3.18. The van der Waals surface area contributed by atoms with Gasteiger partial charge in [0.15, 0.2) is 23.0 Å². The fourth-order valence-electron chi connectivity index (χ4n) is 3.18. The van der Waals surface area contributed by atoms with Crippen molar-refractivity contribution in [2.45, 2.75) is 18.4 Å². The number of hydroxylamine groups is 2. The number of aromatic hydroxyl groups is 2. The van der Waals surface area contributed by atoms with Crippen LogP contribution in [-0.2, 0) is 21.6 Å². The van der Waals surface area contributed by atoms with Crippen LogP contribution >= 0.6 is 0 Å². The third kappa shape index (κ3) is 5.16. The summed E-state index contributed by atoms with van der Waals surface area (Å²) in [4.78, 5) is 24.2. The van der Waals surface area contributed by atoms with Crippen molar-refractivity contribution in [2.75, 3.05) is 28.4 Å². The van der Waals surface area contributed by atoms with Crippen molar-refractivity contribution in [2.24, 2.45) is 0 Å². The summed E-state index contributed by atoms with van der Waals surface area (Å²) in [5.74, 6) is -2.27. The summed E-state index contributed by atoms with van der Waals surface area (Å²) in [7, 11) is 5.27. The maximum Gasteiger partial charge on any atom is 0.313 e. The lowest BCUT2D eigenvalue weighted by Gasteiger charge is -2.29. The van der Waals surface area contributed by atoms with Crippen molar-refractivity contribution < 1.29 is 44.3 Å². The number of amides is 1. The first-order valence-corrected chi connectivity index (χ1v) is 9.09. The van der Waals surface area contributed by atoms with Gasteiger partial charge in [-0.1, -0.05) is 6.07 Å². The van der Waals surface area contributed by atoms with E-state index in [1.54, 1.807) is 12.1 Å². The summed E-state index contributed by atoms with van der Waals surface area (Å²) in [6.45, 7) is 0. The zero-order chi connectivity index (χ0) is 23.3. The number of benzene rings is 2. The number of hydrogen-bond acceptors (Lipinski definition) is 9. The van der Waals surface area contributed by atoms with Crippen LogP contribution in [0.25, 0.3) is 0 Å². The quantitative estimate of drug-likeness (QED) is 0.198. The van der Waals surface area contributed by atoms with Crippen LogP contribution < -0.4 is 14.2 Å². The predicted octanol–water partition coefficient (Wildman–Crippen LogP) is 1.36. The molecule has 2 rings (SSSR count). The zero-order valence-electron chi connectivity index (χ0n) is 17.6. The molecular formula is C21H25NO9. The van der Waals surface area contributed by atoms with Gasteiger partial charge >= 0.3 is 5.91 Å². The Balaban J connectivity index is 2.56. The number of rotatable bonds is 9. The monoisotopic (exact) mass is 435 g/mol. The van der Waals surface area contributed by atoms with Gasteiger partial charge < -0.3 is 29.5 Å². The summed E-state index contributed by atoms with van der Waals surface area (Å²) in [5, 5.41) is 40.3. The van der Waals surface area contributed by atoms with E-state index in [-0.39, 0.29) is 17.0 Å². The van der Waals surface area contributed by atoms with E-state index in [4.69, 9.17) is 14.2 Å².